The van der Waals surface area contributed by atoms with Crippen LogP contribution in [0.15, 0.2) is 48.8 Å². The third-order valence-electron chi connectivity index (χ3n) is 4.48. The molecule has 26 heavy (non-hydrogen) atoms. The lowest BCUT2D eigenvalue weighted by Crippen LogP contribution is -2.31. The number of rotatable bonds is 3. The first-order chi connectivity index (χ1) is 12.6. The molecule has 3 N–H and O–H groups in total. The van der Waals surface area contributed by atoms with E-state index in [2.05, 4.69) is 44.5 Å². The molecule has 0 spiro atoms. The number of nitrogens with zero attached hydrogens (tertiary/aromatic N) is 3. The summed E-state index contributed by atoms with van der Waals surface area (Å²) < 4.78 is 0. The van der Waals surface area contributed by atoms with Crippen molar-refractivity contribution in [1.82, 2.24) is 9.97 Å². The van der Waals surface area contributed by atoms with Crippen LogP contribution >= 0.6 is 23.2 Å². The minimum atomic E-state index is 0.470. The number of aromatic nitrogens is 2. The number of halogens is 2. The van der Waals surface area contributed by atoms with Crippen LogP contribution in [0.2, 0.25) is 10.0 Å². The molecule has 0 saturated heterocycles. The van der Waals surface area contributed by atoms with Crippen LogP contribution in [-0.4, -0.2) is 16.5 Å². The molecule has 1 aliphatic heterocycles. The molecule has 7 heteroatoms. The first-order valence-corrected chi connectivity index (χ1v) is 9.01. The standard InChI is InChI=1S/C19H17Cl2N5/c20-15-6-5-14(9-16(15)21)25-18-17(22)19(24-11-23-18)26-8-7-12-3-1-2-4-13(12)10-26/h1-6,9,11H,7-8,10,22H2,(H,23,24,25). The van der Waals surface area contributed by atoms with Gasteiger partial charge in [-0.15, -0.1) is 0 Å². The van der Waals surface area contributed by atoms with Gasteiger partial charge in [0.1, 0.15) is 12.0 Å². The molecule has 0 bridgehead atoms. The fourth-order valence-electron chi connectivity index (χ4n) is 3.12. The van der Waals surface area contributed by atoms with Gasteiger partial charge in [0.05, 0.1) is 10.0 Å². The van der Waals surface area contributed by atoms with Crippen LogP contribution in [-0.2, 0) is 13.0 Å². The first kappa shape index (κ1) is 16.9. The van der Waals surface area contributed by atoms with E-state index in [1.54, 1.807) is 12.1 Å². The highest BCUT2D eigenvalue weighted by Crippen LogP contribution is 2.33. The molecule has 0 aliphatic carbocycles. The van der Waals surface area contributed by atoms with E-state index in [9.17, 15) is 0 Å². The monoisotopic (exact) mass is 385 g/mol. The highest BCUT2D eigenvalue weighted by atomic mass is 35.5. The molecule has 0 amide bonds. The molecule has 0 atom stereocenters. The molecule has 5 nitrogen and oxygen atoms in total. The molecule has 4 rings (SSSR count). The summed E-state index contributed by atoms with van der Waals surface area (Å²) in [5.41, 5.74) is 10.3. The van der Waals surface area contributed by atoms with Crippen LogP contribution in [0, 0.1) is 0 Å². The average molecular weight is 386 g/mol. The fourth-order valence-corrected chi connectivity index (χ4v) is 3.42. The summed E-state index contributed by atoms with van der Waals surface area (Å²) in [6, 6.07) is 13.7. The van der Waals surface area contributed by atoms with Gasteiger partial charge in [-0.05, 0) is 35.7 Å². The molecule has 1 aliphatic rings. The number of nitrogens with one attached hydrogen (secondary N) is 1. The summed E-state index contributed by atoms with van der Waals surface area (Å²) in [5.74, 6) is 1.28. The third-order valence-corrected chi connectivity index (χ3v) is 5.21. The smallest absolute Gasteiger partial charge is 0.159 e. The molecule has 2 aromatic carbocycles. The van der Waals surface area contributed by atoms with Crippen LogP contribution in [0.3, 0.4) is 0 Å². The second kappa shape index (κ2) is 7.02. The minimum Gasteiger partial charge on any atom is -0.393 e. The second-order valence-electron chi connectivity index (χ2n) is 6.15. The van der Waals surface area contributed by atoms with Gasteiger partial charge in [-0.2, -0.15) is 0 Å². The summed E-state index contributed by atoms with van der Waals surface area (Å²) in [7, 11) is 0. The van der Waals surface area contributed by atoms with Crippen molar-refractivity contribution in [1.29, 1.82) is 0 Å². The van der Waals surface area contributed by atoms with Crippen molar-refractivity contribution in [3.8, 4) is 0 Å². The minimum absolute atomic E-state index is 0.470. The Labute approximate surface area is 161 Å². The van der Waals surface area contributed by atoms with E-state index in [1.807, 2.05) is 6.07 Å². The summed E-state index contributed by atoms with van der Waals surface area (Å²) in [4.78, 5) is 10.9. The number of nitrogens with two attached hydrogens (primary N) is 1. The molecule has 0 fully saturated rings. The normalized spacial score (nSPS) is 13.4. The van der Waals surface area contributed by atoms with E-state index < -0.39 is 0 Å². The van der Waals surface area contributed by atoms with E-state index in [-0.39, 0.29) is 0 Å². The van der Waals surface area contributed by atoms with Gasteiger partial charge in [-0.3, -0.25) is 0 Å². The molecule has 0 unspecified atom stereocenters. The Kier molecular flexibility index (Phi) is 4.57. The zero-order valence-electron chi connectivity index (χ0n) is 13.9. The van der Waals surface area contributed by atoms with Gasteiger partial charge in [0.2, 0.25) is 0 Å². The van der Waals surface area contributed by atoms with Crippen LogP contribution in [0.4, 0.5) is 23.0 Å². The predicted octanol–water partition coefficient (Wildman–Crippen LogP) is 4.67. The topological polar surface area (TPSA) is 67.1 Å². The number of nitrogen functional groups attached to an aromatic ring is 1. The van der Waals surface area contributed by atoms with E-state index in [0.717, 1.165) is 31.0 Å². The average Bonchev–Trinajstić information content (AvgIpc) is 2.66. The van der Waals surface area contributed by atoms with Gasteiger partial charge in [-0.25, -0.2) is 9.97 Å². The quantitative estimate of drug-likeness (QED) is 0.685. The highest BCUT2D eigenvalue weighted by Gasteiger charge is 2.20. The zero-order chi connectivity index (χ0) is 18.1. The highest BCUT2D eigenvalue weighted by molar-refractivity contribution is 6.42. The van der Waals surface area contributed by atoms with Gasteiger partial charge in [0.15, 0.2) is 11.6 Å². The molecule has 0 radical (unpaired) electrons. The lowest BCUT2D eigenvalue weighted by molar-refractivity contribution is 0.721. The summed E-state index contributed by atoms with van der Waals surface area (Å²) in [6.45, 7) is 1.65. The van der Waals surface area contributed by atoms with Crippen molar-refractivity contribution in [2.75, 3.05) is 22.5 Å². The lowest BCUT2D eigenvalue weighted by atomic mass is 10.00. The fraction of sp³-hybridized carbons (Fsp3) is 0.158. The van der Waals surface area contributed by atoms with Crippen molar-refractivity contribution in [3.05, 3.63) is 70.0 Å². The van der Waals surface area contributed by atoms with Crippen molar-refractivity contribution in [2.24, 2.45) is 0 Å². The SMILES string of the molecule is Nc1c(Nc2ccc(Cl)c(Cl)c2)ncnc1N1CCc2ccccc2C1. The Hall–Kier alpha value is -2.50. The van der Waals surface area contributed by atoms with Gasteiger partial charge in [-0.1, -0.05) is 47.5 Å². The van der Waals surface area contributed by atoms with E-state index in [0.29, 0.717) is 21.6 Å². The molecule has 132 valence electrons. The maximum Gasteiger partial charge on any atom is 0.159 e. The molecular formula is C19H17Cl2N5. The largest absolute Gasteiger partial charge is 0.393 e. The maximum atomic E-state index is 6.36. The Morgan fingerprint density at radius 1 is 1.00 bits per heavy atom. The van der Waals surface area contributed by atoms with Crippen molar-refractivity contribution in [2.45, 2.75) is 13.0 Å². The van der Waals surface area contributed by atoms with Crippen LogP contribution in [0.1, 0.15) is 11.1 Å². The molecular weight excluding hydrogens is 369 g/mol. The molecule has 1 aromatic heterocycles. The number of fused-ring (bicyclic) bond motifs is 1. The van der Waals surface area contributed by atoms with Gasteiger partial charge in [0.25, 0.3) is 0 Å². The van der Waals surface area contributed by atoms with E-state index in [1.165, 1.54) is 17.5 Å². The van der Waals surface area contributed by atoms with Crippen LogP contribution < -0.4 is 16.0 Å². The molecule has 2 heterocycles. The number of anilines is 4. The van der Waals surface area contributed by atoms with Crippen molar-refractivity contribution >= 4 is 46.2 Å². The Morgan fingerprint density at radius 3 is 2.62 bits per heavy atom. The first-order valence-electron chi connectivity index (χ1n) is 8.26. The number of hydrogen-bond acceptors (Lipinski definition) is 5. The molecule has 0 saturated carbocycles. The maximum absolute atomic E-state index is 6.36. The Morgan fingerprint density at radius 2 is 1.81 bits per heavy atom. The van der Waals surface area contributed by atoms with E-state index in [4.69, 9.17) is 28.9 Å². The second-order valence-corrected chi connectivity index (χ2v) is 6.97. The summed E-state index contributed by atoms with van der Waals surface area (Å²) in [6.07, 6.45) is 2.49. The van der Waals surface area contributed by atoms with Crippen LogP contribution in [0.25, 0.3) is 0 Å². The summed E-state index contributed by atoms with van der Waals surface area (Å²) in [5, 5.41) is 4.16. The zero-order valence-corrected chi connectivity index (χ0v) is 15.4. The Balaban J connectivity index is 1.61. The molecule has 3 aromatic rings. The Bertz CT molecular complexity index is 960. The van der Waals surface area contributed by atoms with Crippen molar-refractivity contribution < 1.29 is 0 Å². The van der Waals surface area contributed by atoms with Gasteiger partial charge in [0, 0.05) is 18.8 Å². The van der Waals surface area contributed by atoms with Gasteiger partial charge >= 0.3 is 0 Å². The summed E-state index contributed by atoms with van der Waals surface area (Å²) >= 11 is 12.0. The van der Waals surface area contributed by atoms with Gasteiger partial charge < -0.3 is 16.0 Å². The number of benzene rings is 2. The number of hydrogen-bond donors (Lipinski definition) is 2. The van der Waals surface area contributed by atoms with Crippen molar-refractivity contribution in [3.63, 3.8) is 0 Å². The predicted molar refractivity (Wildman–Crippen MR) is 107 cm³/mol. The van der Waals surface area contributed by atoms with E-state index >= 15 is 0 Å². The third kappa shape index (κ3) is 3.28. The van der Waals surface area contributed by atoms with Crippen LogP contribution in [0.5, 0.6) is 0 Å². The lowest BCUT2D eigenvalue weighted by Gasteiger charge is -2.30.